The van der Waals surface area contributed by atoms with E-state index in [9.17, 15) is 5.11 Å². The van der Waals surface area contributed by atoms with Gasteiger partial charge in [-0.1, -0.05) is 51.5 Å². The second-order valence-electron chi connectivity index (χ2n) is 13.5. The van der Waals surface area contributed by atoms with Gasteiger partial charge in [0.05, 0.1) is 21.3 Å². The molecule has 2 aliphatic carbocycles. The number of benzene rings is 4. The summed E-state index contributed by atoms with van der Waals surface area (Å²) in [7, 11) is 5.00. The normalized spacial score (nSPS) is 17.9. The van der Waals surface area contributed by atoms with E-state index in [4.69, 9.17) is 14.2 Å². The lowest BCUT2D eigenvalue weighted by atomic mass is 9.52. The van der Waals surface area contributed by atoms with Crippen molar-refractivity contribution < 1.29 is 19.3 Å². The minimum Gasteiger partial charge on any atom is -0.507 e. The molecule has 0 atom stereocenters. The molecule has 6 rings (SSSR count). The van der Waals surface area contributed by atoms with Gasteiger partial charge < -0.3 is 19.3 Å². The maximum absolute atomic E-state index is 11.7. The predicted molar refractivity (Wildman–Crippen MR) is 163 cm³/mol. The second kappa shape index (κ2) is 8.92. The quantitative estimate of drug-likeness (QED) is 0.283. The molecule has 2 aliphatic rings. The molecule has 0 radical (unpaired) electrons. The number of rotatable bonds is 4. The molecule has 4 aromatic carbocycles. The Kier molecular flexibility index (Phi) is 5.92. The first-order chi connectivity index (χ1) is 18.9. The minimum atomic E-state index is -0.154. The van der Waals surface area contributed by atoms with Crippen molar-refractivity contribution in [2.24, 2.45) is 10.8 Å². The van der Waals surface area contributed by atoms with Crippen LogP contribution in [0.2, 0.25) is 0 Å². The van der Waals surface area contributed by atoms with Crippen molar-refractivity contribution in [2.45, 2.75) is 59.3 Å². The molecule has 4 nitrogen and oxygen atoms in total. The molecule has 0 aliphatic heterocycles. The summed E-state index contributed by atoms with van der Waals surface area (Å²) in [6.07, 6.45) is 3.28. The Balaban J connectivity index is 1.67. The largest absolute Gasteiger partial charge is 0.507 e. The molecule has 208 valence electrons. The number of methoxy groups -OCH3 is 3. The van der Waals surface area contributed by atoms with Gasteiger partial charge in [0.2, 0.25) is 0 Å². The fourth-order valence-corrected chi connectivity index (χ4v) is 8.41. The van der Waals surface area contributed by atoms with Crippen LogP contribution in [0.4, 0.5) is 0 Å². The van der Waals surface area contributed by atoms with Crippen LogP contribution in [0.25, 0.3) is 33.0 Å². The first kappa shape index (κ1) is 26.6. The zero-order chi connectivity index (χ0) is 28.6. The van der Waals surface area contributed by atoms with Gasteiger partial charge in [0.15, 0.2) is 0 Å². The van der Waals surface area contributed by atoms with Gasteiger partial charge in [0.25, 0.3) is 0 Å². The van der Waals surface area contributed by atoms with E-state index in [0.717, 1.165) is 46.2 Å². The Labute approximate surface area is 237 Å². The molecule has 0 unspecified atom stereocenters. The number of ether oxygens (including phenoxy) is 3. The van der Waals surface area contributed by atoms with E-state index in [2.05, 4.69) is 65.0 Å². The average molecular weight is 537 g/mol. The van der Waals surface area contributed by atoms with Gasteiger partial charge in [0, 0.05) is 28.0 Å². The van der Waals surface area contributed by atoms with Crippen LogP contribution in [-0.2, 0) is 5.41 Å². The van der Waals surface area contributed by atoms with Crippen LogP contribution in [0.5, 0.6) is 23.0 Å². The van der Waals surface area contributed by atoms with Crippen molar-refractivity contribution in [3.05, 3.63) is 71.3 Å². The smallest absolute Gasteiger partial charge is 0.130 e. The molecular weight excluding hydrogens is 496 g/mol. The Hall–Kier alpha value is -3.66. The predicted octanol–water partition coefficient (Wildman–Crippen LogP) is 9.05. The standard InChI is InChI=1S/C36H40O4/c1-21-9-11-24-28(13-21)36(19-34(2,3)18-35(4,5)20-36)29-17-30(37)25-15-26(32(40-8)16-27(25)33(24)29)23-12-10-22(38-6)14-31(23)39-7/h9-17,37H,18-20H2,1-8H3. The van der Waals surface area contributed by atoms with Crippen molar-refractivity contribution in [3.8, 4) is 45.3 Å². The highest BCUT2D eigenvalue weighted by atomic mass is 16.5. The van der Waals surface area contributed by atoms with Gasteiger partial charge >= 0.3 is 0 Å². The number of hydrogen-bond donors (Lipinski definition) is 1. The van der Waals surface area contributed by atoms with Crippen LogP contribution >= 0.6 is 0 Å². The summed E-state index contributed by atoms with van der Waals surface area (Å²) in [6, 6.07) is 18.9. The highest BCUT2D eigenvalue weighted by Gasteiger charge is 2.53. The number of hydrogen-bond acceptors (Lipinski definition) is 4. The van der Waals surface area contributed by atoms with E-state index < -0.39 is 0 Å². The van der Waals surface area contributed by atoms with E-state index in [0.29, 0.717) is 11.5 Å². The lowest BCUT2D eigenvalue weighted by Crippen LogP contribution is -2.43. The highest BCUT2D eigenvalue weighted by Crippen LogP contribution is 2.65. The van der Waals surface area contributed by atoms with E-state index in [1.165, 1.54) is 34.2 Å². The molecule has 1 fully saturated rings. The van der Waals surface area contributed by atoms with Crippen LogP contribution in [0.1, 0.15) is 63.6 Å². The third kappa shape index (κ3) is 3.95. The Morgan fingerprint density at radius 1 is 0.625 bits per heavy atom. The monoisotopic (exact) mass is 536 g/mol. The van der Waals surface area contributed by atoms with E-state index in [1.807, 2.05) is 24.3 Å². The van der Waals surface area contributed by atoms with Crippen LogP contribution < -0.4 is 14.2 Å². The Morgan fingerprint density at radius 2 is 1.27 bits per heavy atom. The van der Waals surface area contributed by atoms with Crippen LogP contribution in [-0.4, -0.2) is 26.4 Å². The van der Waals surface area contributed by atoms with E-state index in [-0.39, 0.29) is 16.2 Å². The molecule has 4 aromatic rings. The molecule has 0 heterocycles. The molecule has 1 saturated carbocycles. The van der Waals surface area contributed by atoms with Crippen molar-refractivity contribution in [2.75, 3.05) is 21.3 Å². The number of aryl methyl sites for hydroxylation is 1. The fraction of sp³-hybridized carbons (Fsp3) is 0.389. The summed E-state index contributed by atoms with van der Waals surface area (Å²) in [5.74, 6) is 2.44. The maximum atomic E-state index is 11.7. The van der Waals surface area contributed by atoms with Crippen LogP contribution in [0.3, 0.4) is 0 Å². The van der Waals surface area contributed by atoms with Gasteiger partial charge in [0.1, 0.15) is 23.0 Å². The highest BCUT2D eigenvalue weighted by molar-refractivity contribution is 6.08. The first-order valence-electron chi connectivity index (χ1n) is 14.1. The van der Waals surface area contributed by atoms with Crippen LogP contribution in [0, 0.1) is 17.8 Å². The third-order valence-corrected chi connectivity index (χ3v) is 9.13. The molecule has 1 N–H and O–H groups in total. The summed E-state index contributed by atoms with van der Waals surface area (Å²) in [5.41, 5.74) is 8.34. The molecular formula is C36H40O4. The lowest BCUT2D eigenvalue weighted by Gasteiger charge is -2.51. The molecule has 4 heteroatoms. The number of fused-ring (bicyclic) bond motifs is 7. The summed E-state index contributed by atoms with van der Waals surface area (Å²) in [4.78, 5) is 0. The molecule has 0 aromatic heterocycles. The topological polar surface area (TPSA) is 47.9 Å². The van der Waals surface area contributed by atoms with Crippen molar-refractivity contribution in [1.82, 2.24) is 0 Å². The summed E-state index contributed by atoms with van der Waals surface area (Å²) >= 11 is 0. The SMILES string of the molecule is COc1ccc(-c2cc3c(O)cc4c(c3cc2OC)-c2ccc(C)cc2C42CC(C)(C)CC(C)(C)C2)c(OC)c1. The zero-order valence-electron chi connectivity index (χ0n) is 25.0. The van der Waals surface area contributed by atoms with Crippen molar-refractivity contribution >= 4 is 10.8 Å². The maximum Gasteiger partial charge on any atom is 0.130 e. The van der Waals surface area contributed by atoms with Gasteiger partial charge in [-0.3, -0.25) is 0 Å². The lowest BCUT2D eigenvalue weighted by molar-refractivity contribution is 0.0645. The molecule has 1 spiro atoms. The fourth-order valence-electron chi connectivity index (χ4n) is 8.41. The summed E-state index contributed by atoms with van der Waals surface area (Å²) in [5, 5.41) is 13.5. The number of phenols is 1. The molecule has 40 heavy (non-hydrogen) atoms. The van der Waals surface area contributed by atoms with Gasteiger partial charge in [-0.25, -0.2) is 0 Å². The van der Waals surface area contributed by atoms with Crippen LogP contribution in [0.15, 0.2) is 54.6 Å². The molecule has 0 saturated heterocycles. The van der Waals surface area contributed by atoms with E-state index in [1.54, 1.807) is 21.3 Å². The number of phenolic OH excluding ortho intramolecular Hbond substituents is 1. The average Bonchev–Trinajstić information content (AvgIpc) is 3.13. The summed E-state index contributed by atoms with van der Waals surface area (Å²) < 4.78 is 17.2. The van der Waals surface area contributed by atoms with Crippen molar-refractivity contribution in [1.29, 1.82) is 0 Å². The number of aromatic hydroxyl groups is 1. The van der Waals surface area contributed by atoms with Gasteiger partial charge in [-0.05, 0) is 95.0 Å². The van der Waals surface area contributed by atoms with Crippen molar-refractivity contribution in [3.63, 3.8) is 0 Å². The zero-order valence-corrected chi connectivity index (χ0v) is 25.0. The summed E-state index contributed by atoms with van der Waals surface area (Å²) in [6.45, 7) is 11.8. The van der Waals surface area contributed by atoms with Gasteiger partial charge in [-0.2, -0.15) is 0 Å². The van der Waals surface area contributed by atoms with Gasteiger partial charge in [-0.15, -0.1) is 0 Å². The molecule has 0 bridgehead atoms. The first-order valence-corrected chi connectivity index (χ1v) is 14.1. The van der Waals surface area contributed by atoms with E-state index >= 15 is 0 Å². The minimum absolute atomic E-state index is 0.154. The third-order valence-electron chi connectivity index (χ3n) is 9.13. The second-order valence-corrected chi connectivity index (χ2v) is 13.5. The molecule has 0 amide bonds. The Bertz CT molecular complexity index is 1640. The Morgan fingerprint density at radius 3 is 1.93 bits per heavy atom.